The Morgan fingerprint density at radius 2 is 2.09 bits per heavy atom. The number of benzene rings is 1. The molecular weight excluding hydrogens is 340 g/mol. The van der Waals surface area contributed by atoms with Crippen molar-refractivity contribution < 1.29 is 17.9 Å². The molecule has 0 N–H and O–H groups in total. The Hall–Kier alpha value is -1.31. The molecule has 2 saturated heterocycles. The number of sulfonamides is 1. The molecule has 8 heteroatoms. The Morgan fingerprint density at radius 1 is 1.35 bits per heavy atom. The van der Waals surface area contributed by atoms with Gasteiger partial charge in [0.25, 0.3) is 0 Å². The van der Waals surface area contributed by atoms with Gasteiger partial charge < -0.3 is 9.64 Å². The summed E-state index contributed by atoms with van der Waals surface area (Å²) in [6, 6.07) is 3.70. The van der Waals surface area contributed by atoms with E-state index in [1.807, 2.05) is 0 Å². The minimum Gasteiger partial charge on any atom is -0.495 e. The average Bonchev–Trinajstić information content (AvgIpc) is 2.99. The zero-order valence-corrected chi connectivity index (χ0v) is 14.6. The highest BCUT2D eigenvalue weighted by Gasteiger charge is 2.45. The number of rotatable bonds is 3. The predicted octanol–water partition coefficient (Wildman–Crippen LogP) is 1.73. The predicted molar refractivity (Wildman–Crippen MR) is 86.1 cm³/mol. The van der Waals surface area contributed by atoms with E-state index in [1.165, 1.54) is 23.5 Å². The second-order valence-electron chi connectivity index (χ2n) is 5.87. The van der Waals surface area contributed by atoms with Crippen LogP contribution < -0.4 is 4.74 Å². The highest BCUT2D eigenvalue weighted by atomic mass is 35.5. The van der Waals surface area contributed by atoms with Gasteiger partial charge in [-0.1, -0.05) is 11.6 Å². The first-order valence-corrected chi connectivity index (χ1v) is 9.34. The van der Waals surface area contributed by atoms with Crippen molar-refractivity contribution in [2.24, 2.45) is 0 Å². The van der Waals surface area contributed by atoms with E-state index in [9.17, 15) is 13.2 Å². The van der Waals surface area contributed by atoms with E-state index in [-0.39, 0.29) is 22.6 Å². The van der Waals surface area contributed by atoms with Crippen LogP contribution in [0, 0.1) is 0 Å². The molecule has 1 aromatic carbocycles. The van der Waals surface area contributed by atoms with Gasteiger partial charge in [-0.3, -0.25) is 4.79 Å². The number of piperazine rings is 1. The van der Waals surface area contributed by atoms with Crippen LogP contribution in [0.1, 0.15) is 19.8 Å². The van der Waals surface area contributed by atoms with Gasteiger partial charge >= 0.3 is 0 Å². The van der Waals surface area contributed by atoms with Gasteiger partial charge in [-0.2, -0.15) is 4.31 Å². The molecule has 0 saturated carbocycles. The first kappa shape index (κ1) is 16.5. The van der Waals surface area contributed by atoms with Crippen LogP contribution in [0.15, 0.2) is 23.1 Å². The summed E-state index contributed by atoms with van der Waals surface area (Å²) >= 11 is 5.96. The molecule has 0 radical (unpaired) electrons. The fourth-order valence-corrected chi connectivity index (χ4v) is 5.38. The zero-order chi connectivity index (χ0) is 16.8. The van der Waals surface area contributed by atoms with Gasteiger partial charge in [0.15, 0.2) is 0 Å². The van der Waals surface area contributed by atoms with Gasteiger partial charge in [0.2, 0.25) is 15.9 Å². The zero-order valence-electron chi connectivity index (χ0n) is 13.0. The summed E-state index contributed by atoms with van der Waals surface area (Å²) in [4.78, 5) is 14.3. The average molecular weight is 359 g/mol. The second kappa shape index (κ2) is 5.96. The van der Waals surface area contributed by atoms with Crippen LogP contribution in [-0.2, 0) is 14.8 Å². The summed E-state index contributed by atoms with van der Waals surface area (Å²) in [5.74, 6) is 0.0891. The second-order valence-corrected chi connectivity index (χ2v) is 8.17. The monoisotopic (exact) mass is 358 g/mol. The highest BCUT2D eigenvalue weighted by Crippen LogP contribution is 2.34. The van der Waals surface area contributed by atoms with Crippen molar-refractivity contribution in [2.45, 2.75) is 36.7 Å². The number of halogens is 1. The van der Waals surface area contributed by atoms with Crippen LogP contribution >= 0.6 is 11.6 Å². The fraction of sp³-hybridized carbons (Fsp3) is 0.533. The van der Waals surface area contributed by atoms with Gasteiger partial charge in [-0.15, -0.1) is 0 Å². The van der Waals surface area contributed by atoms with Crippen LogP contribution in [0.5, 0.6) is 5.75 Å². The standard InChI is InChI=1S/C15H19ClN2O4S/c1-10-15(19)17-7-3-4-12(17)9-18(10)23(20,21)14-8-11(16)5-6-13(14)22-2/h5-6,8,10,12H,3-4,7,9H2,1-2H3/t10-,12-/m0/s1. The van der Waals surface area contributed by atoms with E-state index in [4.69, 9.17) is 16.3 Å². The minimum atomic E-state index is -3.87. The highest BCUT2D eigenvalue weighted by molar-refractivity contribution is 7.89. The van der Waals surface area contributed by atoms with Crippen LogP contribution in [0.25, 0.3) is 0 Å². The number of hydrogen-bond donors (Lipinski definition) is 0. The molecule has 2 aliphatic rings. The Labute approximate surface area is 141 Å². The maximum absolute atomic E-state index is 13.1. The Balaban J connectivity index is 2.02. The molecule has 0 spiro atoms. The molecule has 2 atom stereocenters. The lowest BCUT2D eigenvalue weighted by Crippen LogP contribution is -2.59. The topological polar surface area (TPSA) is 66.9 Å². The van der Waals surface area contributed by atoms with E-state index >= 15 is 0 Å². The van der Waals surface area contributed by atoms with Crippen LogP contribution in [0.4, 0.5) is 0 Å². The van der Waals surface area contributed by atoms with Crippen molar-refractivity contribution in [3.05, 3.63) is 23.2 Å². The Bertz CT molecular complexity index is 737. The number of amides is 1. The number of nitrogens with zero attached hydrogens (tertiary/aromatic N) is 2. The third-order valence-electron chi connectivity index (χ3n) is 4.55. The molecule has 2 aliphatic heterocycles. The summed E-state index contributed by atoms with van der Waals surface area (Å²) in [5, 5.41) is 0.308. The lowest BCUT2D eigenvalue weighted by Gasteiger charge is -2.40. The van der Waals surface area contributed by atoms with Crippen LogP contribution in [0.2, 0.25) is 5.02 Å². The van der Waals surface area contributed by atoms with Crippen molar-refractivity contribution in [1.29, 1.82) is 0 Å². The number of fused-ring (bicyclic) bond motifs is 1. The van der Waals surface area contributed by atoms with Crippen molar-refractivity contribution in [2.75, 3.05) is 20.2 Å². The maximum atomic E-state index is 13.1. The Kier molecular flexibility index (Phi) is 4.29. The third-order valence-corrected chi connectivity index (χ3v) is 6.75. The van der Waals surface area contributed by atoms with E-state index in [0.717, 1.165) is 12.8 Å². The van der Waals surface area contributed by atoms with Crippen molar-refractivity contribution in [1.82, 2.24) is 9.21 Å². The molecule has 23 heavy (non-hydrogen) atoms. The molecule has 1 aromatic rings. The fourth-order valence-electron chi connectivity index (χ4n) is 3.33. The molecule has 6 nitrogen and oxygen atoms in total. The number of carbonyl (C=O) groups is 1. The molecule has 1 amide bonds. The van der Waals surface area contributed by atoms with Gasteiger partial charge in [0, 0.05) is 24.2 Å². The number of hydrogen-bond acceptors (Lipinski definition) is 4. The largest absolute Gasteiger partial charge is 0.495 e. The molecule has 3 rings (SSSR count). The third kappa shape index (κ3) is 2.70. The van der Waals surface area contributed by atoms with Gasteiger partial charge in [-0.05, 0) is 38.0 Å². The summed E-state index contributed by atoms with van der Waals surface area (Å²) in [6.07, 6.45) is 1.74. The van der Waals surface area contributed by atoms with Gasteiger partial charge in [-0.25, -0.2) is 8.42 Å². The van der Waals surface area contributed by atoms with E-state index < -0.39 is 16.1 Å². The molecule has 2 heterocycles. The smallest absolute Gasteiger partial charge is 0.247 e. The lowest BCUT2D eigenvalue weighted by atomic mass is 10.1. The summed E-state index contributed by atoms with van der Waals surface area (Å²) in [7, 11) is -2.46. The quantitative estimate of drug-likeness (QED) is 0.825. The van der Waals surface area contributed by atoms with Gasteiger partial charge in [0.1, 0.15) is 16.7 Å². The number of carbonyl (C=O) groups excluding carboxylic acids is 1. The van der Waals surface area contributed by atoms with Crippen molar-refractivity contribution in [3.8, 4) is 5.75 Å². The van der Waals surface area contributed by atoms with E-state index in [1.54, 1.807) is 17.9 Å². The maximum Gasteiger partial charge on any atom is 0.247 e. The normalized spacial score (nSPS) is 25.5. The molecule has 0 aliphatic carbocycles. The molecule has 0 aromatic heterocycles. The van der Waals surface area contributed by atoms with E-state index in [2.05, 4.69) is 0 Å². The summed E-state index contributed by atoms with van der Waals surface area (Å²) < 4.78 is 32.6. The first-order chi connectivity index (χ1) is 10.9. The summed E-state index contributed by atoms with van der Waals surface area (Å²) in [6.45, 7) is 2.65. The number of ether oxygens (including phenoxy) is 1. The molecule has 126 valence electrons. The molecule has 2 fully saturated rings. The molecular formula is C15H19ClN2O4S. The SMILES string of the molecule is COc1ccc(Cl)cc1S(=O)(=O)N1C[C@@H]2CCCN2C(=O)[C@@H]1C. The van der Waals surface area contributed by atoms with E-state index in [0.29, 0.717) is 18.1 Å². The van der Waals surface area contributed by atoms with Crippen molar-refractivity contribution >= 4 is 27.5 Å². The molecule has 0 bridgehead atoms. The summed E-state index contributed by atoms with van der Waals surface area (Å²) in [5.41, 5.74) is 0. The lowest BCUT2D eigenvalue weighted by molar-refractivity contribution is -0.139. The Morgan fingerprint density at radius 3 is 2.78 bits per heavy atom. The minimum absolute atomic E-state index is 0.00130. The van der Waals surface area contributed by atoms with Gasteiger partial charge in [0.05, 0.1) is 7.11 Å². The van der Waals surface area contributed by atoms with Crippen molar-refractivity contribution in [3.63, 3.8) is 0 Å². The van der Waals surface area contributed by atoms with Crippen LogP contribution in [0.3, 0.4) is 0 Å². The first-order valence-electron chi connectivity index (χ1n) is 7.52. The molecule has 0 unspecified atom stereocenters. The number of methoxy groups -OCH3 is 1. The van der Waals surface area contributed by atoms with Crippen LogP contribution in [-0.4, -0.2) is 55.8 Å².